The molecular formula is C15H22N4O3. The fourth-order valence-corrected chi connectivity index (χ4v) is 2.89. The van der Waals surface area contributed by atoms with Gasteiger partial charge in [0.2, 0.25) is 5.91 Å². The van der Waals surface area contributed by atoms with Crippen molar-refractivity contribution in [1.29, 1.82) is 0 Å². The number of nitrogens with two attached hydrogens (primary N) is 1. The highest BCUT2D eigenvalue weighted by Gasteiger charge is 2.29. The van der Waals surface area contributed by atoms with Gasteiger partial charge in [-0.2, -0.15) is 0 Å². The SMILES string of the molecule is Cc1cccc(N2CCCC(C(=O)NCCN)C2)c1[N+](=O)[O-]. The van der Waals surface area contributed by atoms with Crippen LogP contribution in [0.5, 0.6) is 0 Å². The topological polar surface area (TPSA) is 102 Å². The van der Waals surface area contributed by atoms with Gasteiger partial charge in [-0.15, -0.1) is 0 Å². The Morgan fingerprint density at radius 2 is 2.32 bits per heavy atom. The van der Waals surface area contributed by atoms with Crippen molar-refractivity contribution >= 4 is 17.3 Å². The van der Waals surface area contributed by atoms with Crippen LogP contribution < -0.4 is 16.0 Å². The predicted molar refractivity (Wildman–Crippen MR) is 84.8 cm³/mol. The Bertz CT molecular complexity index is 562. The van der Waals surface area contributed by atoms with Crippen molar-refractivity contribution in [3.05, 3.63) is 33.9 Å². The molecule has 2 rings (SSSR count). The highest BCUT2D eigenvalue weighted by Crippen LogP contribution is 2.33. The minimum atomic E-state index is -0.344. The van der Waals surface area contributed by atoms with Gasteiger partial charge in [0.15, 0.2) is 0 Å². The molecule has 1 amide bonds. The van der Waals surface area contributed by atoms with Gasteiger partial charge in [0, 0.05) is 31.7 Å². The van der Waals surface area contributed by atoms with Crippen LogP contribution in [0.15, 0.2) is 18.2 Å². The quantitative estimate of drug-likeness (QED) is 0.628. The third-order valence-electron chi connectivity index (χ3n) is 3.98. The first-order valence-corrected chi connectivity index (χ1v) is 7.51. The Morgan fingerprint density at radius 3 is 3.00 bits per heavy atom. The molecule has 7 nitrogen and oxygen atoms in total. The zero-order valence-corrected chi connectivity index (χ0v) is 12.7. The lowest BCUT2D eigenvalue weighted by Gasteiger charge is -2.33. The number of rotatable bonds is 5. The van der Waals surface area contributed by atoms with Crippen LogP contribution in [0.25, 0.3) is 0 Å². The Balaban J connectivity index is 2.18. The van der Waals surface area contributed by atoms with Crippen molar-refractivity contribution in [2.24, 2.45) is 11.7 Å². The number of anilines is 1. The second-order valence-electron chi connectivity index (χ2n) is 5.56. The molecule has 7 heteroatoms. The molecule has 120 valence electrons. The number of aryl methyl sites for hydroxylation is 1. The van der Waals surface area contributed by atoms with Crippen LogP contribution in [0.3, 0.4) is 0 Å². The number of nitrogens with one attached hydrogen (secondary N) is 1. The number of nitro groups is 1. The summed E-state index contributed by atoms with van der Waals surface area (Å²) >= 11 is 0. The summed E-state index contributed by atoms with van der Waals surface area (Å²) in [4.78, 5) is 25.0. The molecule has 1 atom stereocenters. The lowest BCUT2D eigenvalue weighted by molar-refractivity contribution is -0.384. The van der Waals surface area contributed by atoms with E-state index in [0.717, 1.165) is 19.4 Å². The smallest absolute Gasteiger partial charge is 0.295 e. The third-order valence-corrected chi connectivity index (χ3v) is 3.98. The second-order valence-corrected chi connectivity index (χ2v) is 5.56. The first-order valence-electron chi connectivity index (χ1n) is 7.51. The molecule has 0 bridgehead atoms. The third kappa shape index (κ3) is 3.54. The maximum absolute atomic E-state index is 12.1. The van der Waals surface area contributed by atoms with Crippen LogP contribution in [0, 0.1) is 23.0 Å². The van der Waals surface area contributed by atoms with Gasteiger partial charge in [-0.05, 0) is 25.8 Å². The van der Waals surface area contributed by atoms with Gasteiger partial charge in [-0.1, -0.05) is 12.1 Å². The molecule has 0 radical (unpaired) electrons. The Kier molecular flexibility index (Phi) is 5.32. The highest BCUT2D eigenvalue weighted by molar-refractivity contribution is 5.80. The second kappa shape index (κ2) is 7.22. The average Bonchev–Trinajstić information content (AvgIpc) is 2.52. The van der Waals surface area contributed by atoms with E-state index in [9.17, 15) is 14.9 Å². The molecule has 1 aromatic carbocycles. The lowest BCUT2D eigenvalue weighted by atomic mass is 9.96. The zero-order chi connectivity index (χ0) is 16.1. The normalized spacial score (nSPS) is 18.1. The van der Waals surface area contributed by atoms with E-state index in [1.54, 1.807) is 19.1 Å². The van der Waals surface area contributed by atoms with Crippen molar-refractivity contribution in [2.75, 3.05) is 31.1 Å². The lowest BCUT2D eigenvalue weighted by Crippen LogP contribution is -2.44. The van der Waals surface area contributed by atoms with Crippen molar-refractivity contribution in [3.63, 3.8) is 0 Å². The fraction of sp³-hybridized carbons (Fsp3) is 0.533. The number of hydrogen-bond donors (Lipinski definition) is 2. The summed E-state index contributed by atoms with van der Waals surface area (Å²) in [5.41, 5.74) is 6.76. The molecule has 0 saturated carbocycles. The minimum Gasteiger partial charge on any atom is -0.365 e. The van der Waals surface area contributed by atoms with Gasteiger partial charge in [0.05, 0.1) is 10.8 Å². The first kappa shape index (κ1) is 16.2. The molecule has 3 N–H and O–H groups in total. The van der Waals surface area contributed by atoms with Gasteiger partial charge >= 0.3 is 0 Å². The molecule has 1 unspecified atom stereocenters. The van der Waals surface area contributed by atoms with Crippen molar-refractivity contribution in [1.82, 2.24) is 5.32 Å². The van der Waals surface area contributed by atoms with E-state index in [4.69, 9.17) is 5.73 Å². The Hall–Kier alpha value is -2.15. The number of hydrogen-bond acceptors (Lipinski definition) is 5. The maximum Gasteiger partial charge on any atom is 0.295 e. The van der Waals surface area contributed by atoms with Gasteiger partial charge in [-0.25, -0.2) is 0 Å². The van der Waals surface area contributed by atoms with E-state index in [2.05, 4.69) is 5.32 Å². The predicted octanol–water partition coefficient (Wildman–Crippen LogP) is 1.19. The number of amides is 1. The molecule has 0 aliphatic carbocycles. The number of carbonyl (C=O) groups is 1. The van der Waals surface area contributed by atoms with Gasteiger partial charge in [0.1, 0.15) is 5.69 Å². The molecule has 1 saturated heterocycles. The number of carbonyl (C=O) groups excluding carboxylic acids is 1. The van der Waals surface area contributed by atoms with Gasteiger partial charge in [0.25, 0.3) is 5.69 Å². The molecule has 1 aliphatic heterocycles. The van der Waals surface area contributed by atoms with Crippen molar-refractivity contribution < 1.29 is 9.72 Å². The van der Waals surface area contributed by atoms with Crippen LogP contribution in [0.1, 0.15) is 18.4 Å². The van der Waals surface area contributed by atoms with E-state index in [1.165, 1.54) is 0 Å². The molecule has 1 aromatic rings. The van der Waals surface area contributed by atoms with Crippen LogP contribution in [-0.4, -0.2) is 37.0 Å². The molecular weight excluding hydrogens is 284 g/mol. The Labute approximate surface area is 129 Å². The summed E-state index contributed by atoms with van der Waals surface area (Å²) in [6.07, 6.45) is 1.64. The Morgan fingerprint density at radius 1 is 1.55 bits per heavy atom. The number of nitro benzene ring substituents is 1. The molecule has 0 aromatic heterocycles. The van der Waals surface area contributed by atoms with E-state index in [1.807, 2.05) is 11.0 Å². The summed E-state index contributed by atoms with van der Waals surface area (Å²) in [5.74, 6) is -0.175. The molecule has 1 heterocycles. The molecule has 22 heavy (non-hydrogen) atoms. The van der Waals surface area contributed by atoms with Crippen LogP contribution in [0.2, 0.25) is 0 Å². The minimum absolute atomic E-state index is 0.0227. The zero-order valence-electron chi connectivity index (χ0n) is 12.7. The van der Waals surface area contributed by atoms with E-state index < -0.39 is 0 Å². The monoisotopic (exact) mass is 306 g/mol. The van der Waals surface area contributed by atoms with Gasteiger partial charge < -0.3 is 16.0 Å². The van der Waals surface area contributed by atoms with Crippen LogP contribution >= 0.6 is 0 Å². The van der Waals surface area contributed by atoms with Crippen molar-refractivity contribution in [3.8, 4) is 0 Å². The van der Waals surface area contributed by atoms with E-state index >= 15 is 0 Å². The molecule has 0 spiro atoms. The molecule has 1 aliphatic rings. The summed E-state index contributed by atoms with van der Waals surface area (Å²) in [6, 6.07) is 5.30. The van der Waals surface area contributed by atoms with Crippen LogP contribution in [-0.2, 0) is 4.79 Å². The average molecular weight is 306 g/mol. The van der Waals surface area contributed by atoms with Crippen LogP contribution in [0.4, 0.5) is 11.4 Å². The van der Waals surface area contributed by atoms with Crippen molar-refractivity contribution in [2.45, 2.75) is 19.8 Å². The van der Waals surface area contributed by atoms with Gasteiger partial charge in [-0.3, -0.25) is 14.9 Å². The summed E-state index contributed by atoms with van der Waals surface area (Å²) in [5, 5.41) is 14.1. The van der Waals surface area contributed by atoms with E-state index in [0.29, 0.717) is 30.9 Å². The largest absolute Gasteiger partial charge is 0.365 e. The highest BCUT2D eigenvalue weighted by atomic mass is 16.6. The summed E-state index contributed by atoms with van der Waals surface area (Å²) in [7, 11) is 0. The number of piperidine rings is 1. The first-order chi connectivity index (χ1) is 10.5. The number of para-hydroxylation sites is 1. The maximum atomic E-state index is 12.1. The summed E-state index contributed by atoms with van der Waals surface area (Å²) in [6.45, 7) is 3.83. The fourth-order valence-electron chi connectivity index (χ4n) is 2.89. The number of benzene rings is 1. The standard InChI is InChI=1S/C15H22N4O3/c1-11-4-2-6-13(14(11)19(21)22)18-9-3-5-12(10-18)15(20)17-8-7-16/h2,4,6,12H,3,5,7-10,16H2,1H3,(H,17,20). The number of nitrogens with zero attached hydrogens (tertiary/aromatic N) is 2. The molecule has 1 fully saturated rings. The van der Waals surface area contributed by atoms with E-state index in [-0.39, 0.29) is 22.4 Å². The summed E-state index contributed by atoms with van der Waals surface area (Å²) < 4.78 is 0.